The number of carbonyl (C=O) groups is 2. The Kier molecular flexibility index (Phi) is 6.93. The maximum atomic E-state index is 13.9. The zero-order valence-electron chi connectivity index (χ0n) is 16.8. The van der Waals surface area contributed by atoms with Gasteiger partial charge in [-0.2, -0.15) is 0 Å². The summed E-state index contributed by atoms with van der Waals surface area (Å²) in [5, 5.41) is 0. The molecule has 0 saturated carbocycles. The Morgan fingerprint density at radius 1 is 1.21 bits per heavy atom. The van der Waals surface area contributed by atoms with Crippen LogP contribution in [0.25, 0.3) is 0 Å². The molecule has 1 atom stereocenters. The average molecular weight is 399 g/mol. The minimum Gasteiger partial charge on any atom is -0.370 e. The molecule has 1 aromatic carbocycles. The zero-order valence-corrected chi connectivity index (χ0v) is 16.8. The molecule has 1 fully saturated rings. The van der Waals surface area contributed by atoms with Crippen LogP contribution in [0.1, 0.15) is 29.8 Å². The quantitative estimate of drug-likeness (QED) is 0.749. The highest BCUT2D eigenvalue weighted by Gasteiger charge is 2.31. The molecule has 0 N–H and O–H groups in total. The van der Waals surface area contributed by atoms with Gasteiger partial charge in [-0.3, -0.25) is 14.6 Å². The molecule has 154 valence electrons. The van der Waals surface area contributed by atoms with Crippen LogP contribution in [0.5, 0.6) is 0 Å². The van der Waals surface area contributed by atoms with Gasteiger partial charge in [0.1, 0.15) is 12.4 Å². The largest absolute Gasteiger partial charge is 0.370 e. The summed E-state index contributed by atoms with van der Waals surface area (Å²) in [7, 11) is 0. The van der Waals surface area contributed by atoms with Crippen molar-refractivity contribution >= 4 is 11.8 Å². The van der Waals surface area contributed by atoms with Crippen LogP contribution in [0.3, 0.4) is 0 Å². The van der Waals surface area contributed by atoms with Gasteiger partial charge in [0.15, 0.2) is 0 Å². The molecule has 0 aliphatic carbocycles. The van der Waals surface area contributed by atoms with Crippen molar-refractivity contribution in [1.82, 2.24) is 14.8 Å². The molecule has 29 heavy (non-hydrogen) atoms. The van der Waals surface area contributed by atoms with Gasteiger partial charge in [-0.1, -0.05) is 32.0 Å². The lowest BCUT2D eigenvalue weighted by atomic mass is 10.2. The highest BCUT2D eigenvalue weighted by atomic mass is 19.1. The van der Waals surface area contributed by atoms with E-state index in [1.807, 2.05) is 13.8 Å². The Hall–Kier alpha value is -2.80. The summed E-state index contributed by atoms with van der Waals surface area (Å²) in [6.45, 7) is 5.35. The Morgan fingerprint density at radius 2 is 1.93 bits per heavy atom. The number of rotatable bonds is 6. The fraction of sp³-hybridized carbons (Fsp3) is 0.409. The number of hydrogen-bond donors (Lipinski definition) is 0. The number of ether oxygens (including phenoxy) is 1. The Bertz CT molecular complexity index is 844. The minimum absolute atomic E-state index is 0.00651. The van der Waals surface area contributed by atoms with E-state index < -0.39 is 6.10 Å². The van der Waals surface area contributed by atoms with Crippen molar-refractivity contribution in [3.63, 3.8) is 0 Å². The Labute approximate surface area is 170 Å². The number of carbonyl (C=O) groups excluding carboxylic acids is 2. The fourth-order valence-electron chi connectivity index (χ4n) is 3.36. The van der Waals surface area contributed by atoms with Crippen LogP contribution in [0.4, 0.5) is 4.39 Å². The predicted molar refractivity (Wildman–Crippen MR) is 107 cm³/mol. The number of pyridine rings is 1. The summed E-state index contributed by atoms with van der Waals surface area (Å²) in [5.41, 5.74) is 0.920. The maximum Gasteiger partial charge on any atom is 0.254 e. The lowest BCUT2D eigenvalue weighted by molar-refractivity contribution is -0.132. The highest BCUT2D eigenvalue weighted by molar-refractivity contribution is 5.96. The molecule has 2 aromatic rings. The van der Waals surface area contributed by atoms with Crippen LogP contribution < -0.4 is 0 Å². The van der Waals surface area contributed by atoms with Crippen LogP contribution in [-0.4, -0.2) is 58.9 Å². The molecule has 1 aliphatic heterocycles. The van der Waals surface area contributed by atoms with Crippen molar-refractivity contribution in [3.8, 4) is 0 Å². The van der Waals surface area contributed by atoms with Crippen molar-refractivity contribution in [2.24, 2.45) is 5.92 Å². The summed E-state index contributed by atoms with van der Waals surface area (Å²) in [6.07, 6.45) is 2.68. The standard InChI is InChI=1S/C22H26FN3O3/c1-16(2)11-25-12-19(29-15-18-5-3-4-6-20(18)23)13-26(14-21(25)27)22(28)17-7-9-24-10-8-17/h3-10,16,19H,11-15H2,1-2H3. The van der Waals surface area contributed by atoms with Gasteiger partial charge in [0.2, 0.25) is 5.91 Å². The summed E-state index contributed by atoms with van der Waals surface area (Å²) in [6, 6.07) is 9.69. The molecule has 2 amide bonds. The van der Waals surface area contributed by atoms with Gasteiger partial charge in [0, 0.05) is 43.2 Å². The first kappa shape index (κ1) is 20.9. The fourth-order valence-corrected chi connectivity index (χ4v) is 3.36. The third-order valence-electron chi connectivity index (χ3n) is 4.76. The van der Waals surface area contributed by atoms with E-state index in [9.17, 15) is 14.0 Å². The van der Waals surface area contributed by atoms with Gasteiger partial charge >= 0.3 is 0 Å². The molecule has 1 aliphatic rings. The summed E-state index contributed by atoms with van der Waals surface area (Å²) < 4.78 is 19.9. The summed E-state index contributed by atoms with van der Waals surface area (Å²) >= 11 is 0. The molecule has 3 rings (SSSR count). The van der Waals surface area contributed by atoms with E-state index in [1.165, 1.54) is 11.0 Å². The third kappa shape index (κ3) is 5.60. The molecule has 2 heterocycles. The van der Waals surface area contributed by atoms with Crippen molar-refractivity contribution in [2.75, 3.05) is 26.2 Å². The van der Waals surface area contributed by atoms with Gasteiger partial charge < -0.3 is 14.5 Å². The van der Waals surface area contributed by atoms with Gasteiger partial charge in [-0.15, -0.1) is 0 Å². The first-order valence-corrected chi connectivity index (χ1v) is 9.76. The number of amides is 2. The second kappa shape index (κ2) is 9.60. The van der Waals surface area contributed by atoms with E-state index in [2.05, 4.69) is 4.98 Å². The number of hydrogen-bond acceptors (Lipinski definition) is 4. The second-order valence-electron chi connectivity index (χ2n) is 7.64. The molecule has 0 spiro atoms. The lowest BCUT2D eigenvalue weighted by Gasteiger charge is -2.26. The number of aromatic nitrogens is 1. The molecule has 6 nitrogen and oxygen atoms in total. The Balaban J connectivity index is 1.77. The molecule has 0 radical (unpaired) electrons. The lowest BCUT2D eigenvalue weighted by Crippen LogP contribution is -2.40. The van der Waals surface area contributed by atoms with E-state index in [1.54, 1.807) is 47.6 Å². The average Bonchev–Trinajstić information content (AvgIpc) is 2.86. The number of halogens is 1. The van der Waals surface area contributed by atoms with E-state index >= 15 is 0 Å². The molecular formula is C22H26FN3O3. The monoisotopic (exact) mass is 399 g/mol. The first-order valence-electron chi connectivity index (χ1n) is 9.76. The molecule has 7 heteroatoms. The number of benzene rings is 1. The van der Waals surface area contributed by atoms with E-state index in [0.717, 1.165) is 0 Å². The maximum absolute atomic E-state index is 13.9. The van der Waals surface area contributed by atoms with Crippen molar-refractivity contribution in [1.29, 1.82) is 0 Å². The third-order valence-corrected chi connectivity index (χ3v) is 4.76. The summed E-state index contributed by atoms with van der Waals surface area (Å²) in [5.74, 6) is -0.403. The summed E-state index contributed by atoms with van der Waals surface area (Å²) in [4.78, 5) is 32.9. The van der Waals surface area contributed by atoms with Gasteiger partial charge in [0.25, 0.3) is 5.91 Å². The van der Waals surface area contributed by atoms with E-state index in [-0.39, 0.29) is 43.2 Å². The van der Waals surface area contributed by atoms with E-state index in [0.29, 0.717) is 24.2 Å². The van der Waals surface area contributed by atoms with Gasteiger partial charge in [0.05, 0.1) is 12.7 Å². The van der Waals surface area contributed by atoms with Crippen LogP contribution in [-0.2, 0) is 16.1 Å². The Morgan fingerprint density at radius 3 is 2.62 bits per heavy atom. The van der Waals surface area contributed by atoms with E-state index in [4.69, 9.17) is 4.74 Å². The first-order chi connectivity index (χ1) is 13.9. The predicted octanol–water partition coefficient (Wildman–Crippen LogP) is 2.75. The molecule has 1 saturated heterocycles. The van der Waals surface area contributed by atoms with Crippen LogP contribution >= 0.6 is 0 Å². The van der Waals surface area contributed by atoms with Gasteiger partial charge in [-0.25, -0.2) is 4.39 Å². The molecular weight excluding hydrogens is 373 g/mol. The molecule has 0 bridgehead atoms. The van der Waals surface area contributed by atoms with Crippen molar-refractivity contribution < 1.29 is 18.7 Å². The minimum atomic E-state index is -0.411. The SMILES string of the molecule is CC(C)CN1CC(OCc2ccccc2F)CN(C(=O)c2ccncc2)CC1=O. The molecule has 1 unspecified atom stereocenters. The highest BCUT2D eigenvalue weighted by Crippen LogP contribution is 2.16. The van der Waals surface area contributed by atoms with Crippen molar-refractivity contribution in [3.05, 3.63) is 65.7 Å². The van der Waals surface area contributed by atoms with Gasteiger partial charge in [-0.05, 0) is 24.1 Å². The van der Waals surface area contributed by atoms with Crippen LogP contribution in [0.2, 0.25) is 0 Å². The smallest absolute Gasteiger partial charge is 0.254 e. The normalized spacial score (nSPS) is 17.5. The molecule has 1 aromatic heterocycles. The van der Waals surface area contributed by atoms with Crippen LogP contribution in [0.15, 0.2) is 48.8 Å². The second-order valence-corrected chi connectivity index (χ2v) is 7.64. The number of nitrogens with zero attached hydrogens (tertiary/aromatic N) is 3. The zero-order chi connectivity index (χ0) is 20.8. The van der Waals surface area contributed by atoms with Crippen molar-refractivity contribution in [2.45, 2.75) is 26.6 Å². The topological polar surface area (TPSA) is 62.7 Å². The van der Waals surface area contributed by atoms with Crippen LogP contribution in [0, 0.1) is 11.7 Å².